The fourth-order valence-corrected chi connectivity index (χ4v) is 4.99. The van der Waals surface area contributed by atoms with Crippen LogP contribution in [0.1, 0.15) is 63.6 Å². The van der Waals surface area contributed by atoms with Gasteiger partial charge in [-0.25, -0.2) is 9.78 Å². The molecular weight excluding hydrogens is 693 g/mol. The zero-order chi connectivity index (χ0) is 37.1. The number of esters is 1. The Morgan fingerprint density at radius 3 is 2.24 bits per heavy atom. The third-order valence-corrected chi connectivity index (χ3v) is 7.30. The maximum atomic E-state index is 12.9. The number of unbranched alkanes of at least 4 members (excludes halogenated alkanes) is 1. The second-order valence-corrected chi connectivity index (χ2v) is 12.9. The van der Waals surface area contributed by atoms with Crippen LogP contribution in [0.4, 0.5) is 10.6 Å². The molecule has 1 unspecified atom stereocenters. The third-order valence-electron chi connectivity index (χ3n) is 6.74. The fourth-order valence-electron chi connectivity index (χ4n) is 4.38. The van der Waals surface area contributed by atoms with E-state index >= 15 is 0 Å². The van der Waals surface area contributed by atoms with Crippen molar-refractivity contribution in [3.05, 3.63) is 51.6 Å². The number of aromatic nitrogens is 1. The van der Waals surface area contributed by atoms with E-state index in [0.717, 1.165) is 5.56 Å². The number of nitrogens with two attached hydrogens (primary N) is 1. The Morgan fingerprint density at radius 2 is 1.62 bits per heavy atom. The van der Waals surface area contributed by atoms with E-state index in [9.17, 15) is 19.2 Å². The summed E-state index contributed by atoms with van der Waals surface area (Å²) in [5.41, 5.74) is 6.05. The van der Waals surface area contributed by atoms with Crippen LogP contribution in [0.15, 0.2) is 30.5 Å². The highest BCUT2D eigenvalue weighted by Crippen LogP contribution is 2.36. The smallest absolute Gasteiger partial charge is 0.416 e. The van der Waals surface area contributed by atoms with Gasteiger partial charge in [0, 0.05) is 25.7 Å². The van der Waals surface area contributed by atoms with Crippen LogP contribution < -0.4 is 26.0 Å². The van der Waals surface area contributed by atoms with Gasteiger partial charge in [0.15, 0.2) is 5.75 Å². The van der Waals surface area contributed by atoms with Crippen LogP contribution in [-0.2, 0) is 33.3 Å². The summed E-state index contributed by atoms with van der Waals surface area (Å²) in [5.74, 6) is -0.811. The standard InChI is InChI=1S/C34H49Cl2N5O9/c1-23-9-11-38-28(18-23)41(33(45)50-34(2,3)4)12-7-6-8-29(42)39-22-30(43)40-27(21-31(44)46-5)24-19-25(35)32(26(36)20-24)49-17-16-48-15-14-47-13-10-37/h9,11,18-20,27H,6-8,10,12-17,21-22,37H2,1-5H3,(H,39,42)(H,40,43). The summed E-state index contributed by atoms with van der Waals surface area (Å²) in [7, 11) is 1.23. The number of anilines is 1. The lowest BCUT2D eigenvalue weighted by Gasteiger charge is -2.27. The topological polar surface area (TPSA) is 181 Å². The molecule has 50 heavy (non-hydrogen) atoms. The number of amides is 3. The van der Waals surface area contributed by atoms with Crippen LogP contribution in [0, 0.1) is 6.92 Å². The first-order valence-electron chi connectivity index (χ1n) is 16.3. The molecule has 0 aliphatic rings. The van der Waals surface area contributed by atoms with E-state index in [1.807, 2.05) is 13.0 Å². The predicted molar refractivity (Wildman–Crippen MR) is 190 cm³/mol. The van der Waals surface area contributed by atoms with Gasteiger partial charge in [0.2, 0.25) is 11.8 Å². The summed E-state index contributed by atoms with van der Waals surface area (Å²) in [6, 6.07) is 5.82. The average Bonchev–Trinajstić information content (AvgIpc) is 3.04. The van der Waals surface area contributed by atoms with Gasteiger partial charge in [0.1, 0.15) is 18.0 Å². The molecule has 0 saturated carbocycles. The van der Waals surface area contributed by atoms with Crippen molar-refractivity contribution in [2.45, 2.75) is 65.0 Å². The number of hydrogen-bond donors (Lipinski definition) is 3. The fraction of sp³-hybridized carbons (Fsp3) is 0.559. The molecule has 0 spiro atoms. The van der Waals surface area contributed by atoms with Gasteiger partial charge in [-0.2, -0.15) is 0 Å². The van der Waals surface area contributed by atoms with Gasteiger partial charge in [0.25, 0.3) is 0 Å². The predicted octanol–water partition coefficient (Wildman–Crippen LogP) is 4.52. The number of nitrogens with zero attached hydrogens (tertiary/aromatic N) is 2. The van der Waals surface area contributed by atoms with E-state index in [0.29, 0.717) is 50.6 Å². The number of aryl methyl sites for hydroxylation is 1. The Morgan fingerprint density at radius 1 is 0.960 bits per heavy atom. The molecule has 1 aromatic heterocycles. The summed E-state index contributed by atoms with van der Waals surface area (Å²) >= 11 is 12.9. The van der Waals surface area contributed by atoms with Gasteiger partial charge in [-0.05, 0) is 75.9 Å². The molecule has 16 heteroatoms. The van der Waals surface area contributed by atoms with Crippen molar-refractivity contribution in [3.63, 3.8) is 0 Å². The number of rotatable bonds is 21. The molecule has 1 aromatic carbocycles. The highest BCUT2D eigenvalue weighted by Gasteiger charge is 2.25. The number of nitrogens with one attached hydrogen (secondary N) is 2. The largest absolute Gasteiger partial charge is 0.488 e. The van der Waals surface area contributed by atoms with Gasteiger partial charge in [-0.15, -0.1) is 0 Å². The lowest BCUT2D eigenvalue weighted by atomic mass is 10.0. The molecule has 0 aliphatic carbocycles. The number of ether oxygens (including phenoxy) is 5. The second-order valence-electron chi connectivity index (χ2n) is 12.1. The number of halogens is 2. The van der Waals surface area contributed by atoms with Gasteiger partial charge >= 0.3 is 12.1 Å². The van der Waals surface area contributed by atoms with Crippen molar-refractivity contribution in [2.24, 2.45) is 5.73 Å². The SMILES string of the molecule is COC(=O)CC(NC(=O)CNC(=O)CCCCN(C(=O)OC(C)(C)C)c1cc(C)ccn1)c1cc(Cl)c(OCCOCCOCCN)c(Cl)c1. The first-order chi connectivity index (χ1) is 23.7. The third kappa shape index (κ3) is 16.3. The first kappa shape index (κ1) is 42.5. The maximum Gasteiger partial charge on any atom is 0.416 e. The van der Waals surface area contributed by atoms with E-state index < -0.39 is 29.6 Å². The Kier molecular flexibility index (Phi) is 18.9. The highest BCUT2D eigenvalue weighted by atomic mass is 35.5. The number of carbonyl (C=O) groups is 4. The highest BCUT2D eigenvalue weighted by molar-refractivity contribution is 6.37. The second kappa shape index (κ2) is 22.2. The quantitative estimate of drug-likeness (QED) is 0.121. The van der Waals surface area contributed by atoms with Gasteiger partial charge in [-0.1, -0.05) is 23.2 Å². The first-order valence-corrected chi connectivity index (χ1v) is 17.0. The number of hydrogen-bond acceptors (Lipinski definition) is 11. The zero-order valence-corrected chi connectivity index (χ0v) is 30.9. The Labute approximate surface area is 303 Å². The van der Waals surface area contributed by atoms with Gasteiger partial charge in [-0.3, -0.25) is 19.3 Å². The summed E-state index contributed by atoms with van der Waals surface area (Å²) in [6.45, 7) is 9.30. The number of benzene rings is 1. The van der Waals surface area contributed by atoms with Crippen molar-refractivity contribution in [2.75, 3.05) is 64.7 Å². The molecular formula is C34H49Cl2N5O9. The molecule has 3 amide bonds. The number of carbonyl (C=O) groups excluding carboxylic acids is 4. The molecule has 1 heterocycles. The Hall–Kier alpha value is -3.69. The van der Waals surface area contributed by atoms with Crippen LogP contribution in [0.3, 0.4) is 0 Å². The molecule has 278 valence electrons. The van der Waals surface area contributed by atoms with Crippen molar-refractivity contribution < 1.29 is 42.9 Å². The molecule has 0 radical (unpaired) electrons. The maximum absolute atomic E-state index is 12.9. The van der Waals surface area contributed by atoms with Crippen molar-refractivity contribution >= 4 is 52.9 Å². The van der Waals surface area contributed by atoms with Crippen molar-refractivity contribution in [1.82, 2.24) is 15.6 Å². The van der Waals surface area contributed by atoms with E-state index in [4.69, 9.17) is 52.6 Å². The molecule has 2 rings (SSSR count). The lowest BCUT2D eigenvalue weighted by molar-refractivity contribution is -0.141. The molecule has 0 fully saturated rings. The molecule has 0 aliphatic heterocycles. The lowest BCUT2D eigenvalue weighted by Crippen LogP contribution is -2.39. The minimum Gasteiger partial charge on any atom is -0.488 e. The van der Waals surface area contributed by atoms with E-state index in [1.54, 1.807) is 33.0 Å². The van der Waals surface area contributed by atoms with Gasteiger partial charge in [0.05, 0.1) is 62.6 Å². The van der Waals surface area contributed by atoms with E-state index in [-0.39, 0.29) is 60.8 Å². The minimum absolute atomic E-state index is 0.113. The monoisotopic (exact) mass is 741 g/mol. The summed E-state index contributed by atoms with van der Waals surface area (Å²) < 4.78 is 26.7. The van der Waals surface area contributed by atoms with Crippen molar-refractivity contribution in [1.29, 1.82) is 0 Å². The Bertz CT molecular complexity index is 1380. The van der Waals surface area contributed by atoms with Crippen LogP contribution >= 0.6 is 23.2 Å². The molecule has 2 aromatic rings. The molecule has 0 saturated heterocycles. The van der Waals surface area contributed by atoms with Crippen LogP contribution in [0.2, 0.25) is 10.0 Å². The zero-order valence-electron chi connectivity index (χ0n) is 29.4. The summed E-state index contributed by atoms with van der Waals surface area (Å²) in [5, 5.41) is 5.64. The Balaban J connectivity index is 1.91. The molecule has 0 bridgehead atoms. The molecule has 4 N–H and O–H groups in total. The number of methoxy groups -OCH3 is 1. The van der Waals surface area contributed by atoms with Crippen LogP contribution in [0.25, 0.3) is 0 Å². The van der Waals surface area contributed by atoms with Crippen molar-refractivity contribution in [3.8, 4) is 5.75 Å². The summed E-state index contributed by atoms with van der Waals surface area (Å²) in [6.07, 6.45) is 1.90. The molecule has 14 nitrogen and oxygen atoms in total. The average molecular weight is 743 g/mol. The van der Waals surface area contributed by atoms with Crippen LogP contribution in [0.5, 0.6) is 5.75 Å². The number of pyridine rings is 1. The minimum atomic E-state index is -0.859. The van der Waals surface area contributed by atoms with E-state index in [2.05, 4.69) is 15.6 Å². The normalized spacial score (nSPS) is 11.8. The van der Waals surface area contributed by atoms with Crippen LogP contribution in [-0.4, -0.2) is 94.2 Å². The summed E-state index contributed by atoms with van der Waals surface area (Å²) in [4.78, 5) is 56.2. The molecule has 1 atom stereocenters. The van der Waals surface area contributed by atoms with Gasteiger partial charge < -0.3 is 40.1 Å². The van der Waals surface area contributed by atoms with E-state index in [1.165, 1.54) is 24.1 Å².